The number of aromatic hydroxyl groups is 2. The second kappa shape index (κ2) is 3.61. The van der Waals surface area contributed by atoms with Crippen LogP contribution >= 0.6 is 0 Å². The van der Waals surface area contributed by atoms with E-state index in [-0.39, 0.29) is 4.68 Å². The summed E-state index contributed by atoms with van der Waals surface area (Å²) in [6, 6.07) is -1.22. The van der Waals surface area contributed by atoms with E-state index >= 15 is 0 Å². The Morgan fingerprint density at radius 1 is 1.40 bits per heavy atom. The summed E-state index contributed by atoms with van der Waals surface area (Å²) < 4.78 is 0.0987. The van der Waals surface area contributed by atoms with Crippen molar-refractivity contribution in [2.45, 2.75) is 0 Å². The Morgan fingerprint density at radius 3 is 2.53 bits per heavy atom. The van der Waals surface area contributed by atoms with E-state index in [2.05, 4.69) is 16.1 Å². The van der Waals surface area contributed by atoms with Crippen molar-refractivity contribution < 1.29 is 15.0 Å². The first-order valence-electron chi connectivity index (χ1n) is 3.42. The highest BCUT2D eigenvalue weighted by atomic mass is 16.3. The Balaban J connectivity index is 3.43. The third kappa shape index (κ3) is 1.99. The van der Waals surface area contributed by atoms with Crippen LogP contribution in [-0.2, 0) is 0 Å². The van der Waals surface area contributed by atoms with Gasteiger partial charge in [-0.2, -0.15) is 0 Å². The number of rotatable bonds is 1. The summed E-state index contributed by atoms with van der Waals surface area (Å²) in [6.07, 6.45) is 0. The van der Waals surface area contributed by atoms with E-state index in [0.29, 0.717) is 0 Å². The number of aromatic nitrogens is 2. The number of carbonyl (C=O) groups is 1. The van der Waals surface area contributed by atoms with Crippen LogP contribution in [-0.4, -0.2) is 25.9 Å². The van der Waals surface area contributed by atoms with E-state index < -0.39 is 28.9 Å². The second-order valence-corrected chi connectivity index (χ2v) is 2.27. The summed E-state index contributed by atoms with van der Waals surface area (Å²) in [5.74, 6) is -2.27. The Labute approximate surface area is 80.3 Å². The Hall–Kier alpha value is -2.65. The fourth-order valence-electron chi connectivity index (χ4n) is 0.679. The lowest BCUT2D eigenvalue weighted by Crippen LogP contribution is -2.27. The first-order valence-corrected chi connectivity index (χ1v) is 3.42. The van der Waals surface area contributed by atoms with Crippen LogP contribution in [0.15, 0.2) is 19.9 Å². The lowest BCUT2D eigenvalue weighted by Gasteiger charge is -1.99. The number of nitrogens with two attached hydrogens (primary N) is 1. The van der Waals surface area contributed by atoms with Gasteiger partial charge in [0.15, 0.2) is 0 Å². The SMILES string of the molecule is NC(=O)/N=N/n1c(O)c(O)c(=O)[nH]c1=O. The molecular weight excluding hydrogens is 210 g/mol. The van der Waals surface area contributed by atoms with Gasteiger partial charge in [-0.25, -0.2) is 9.59 Å². The highest BCUT2D eigenvalue weighted by Gasteiger charge is 2.12. The van der Waals surface area contributed by atoms with Crippen LogP contribution in [0.2, 0.25) is 0 Å². The number of aromatic amines is 1. The maximum Gasteiger partial charge on any atom is 0.358 e. The molecule has 15 heavy (non-hydrogen) atoms. The van der Waals surface area contributed by atoms with Gasteiger partial charge in [-0.1, -0.05) is 5.11 Å². The smallest absolute Gasteiger partial charge is 0.358 e. The minimum atomic E-state index is -1.22. The zero-order valence-corrected chi connectivity index (χ0v) is 7.04. The topological polar surface area (TPSA) is 163 Å². The molecule has 0 unspecified atom stereocenters. The molecule has 0 saturated heterocycles. The fourth-order valence-corrected chi connectivity index (χ4v) is 0.679. The van der Waals surface area contributed by atoms with Crippen LogP contribution < -0.4 is 17.0 Å². The molecule has 0 bridgehead atoms. The second-order valence-electron chi connectivity index (χ2n) is 2.27. The lowest BCUT2D eigenvalue weighted by atomic mass is 10.5. The van der Waals surface area contributed by atoms with Crippen LogP contribution in [0.25, 0.3) is 0 Å². The number of urea groups is 1. The molecule has 0 aliphatic heterocycles. The molecule has 0 radical (unpaired) electrons. The zero-order valence-electron chi connectivity index (χ0n) is 7.04. The highest BCUT2D eigenvalue weighted by molar-refractivity contribution is 5.71. The van der Waals surface area contributed by atoms with Gasteiger partial charge >= 0.3 is 11.7 Å². The molecule has 0 aliphatic rings. The summed E-state index contributed by atoms with van der Waals surface area (Å²) in [5.41, 5.74) is 2.21. The van der Waals surface area contributed by atoms with E-state index in [4.69, 9.17) is 10.2 Å². The third-order valence-corrected chi connectivity index (χ3v) is 1.27. The molecular formula is C5H5N5O5. The summed E-state index contributed by atoms with van der Waals surface area (Å²) >= 11 is 0. The molecule has 10 heteroatoms. The summed E-state index contributed by atoms with van der Waals surface area (Å²) in [7, 11) is 0. The van der Waals surface area contributed by atoms with E-state index in [0.717, 1.165) is 0 Å². The highest BCUT2D eigenvalue weighted by Crippen LogP contribution is 2.15. The number of hydrogen-bond donors (Lipinski definition) is 4. The molecule has 80 valence electrons. The molecule has 0 atom stereocenters. The molecule has 10 nitrogen and oxygen atoms in total. The van der Waals surface area contributed by atoms with E-state index in [9.17, 15) is 14.4 Å². The average molecular weight is 215 g/mol. The van der Waals surface area contributed by atoms with Crippen molar-refractivity contribution in [3.63, 3.8) is 0 Å². The zero-order chi connectivity index (χ0) is 11.6. The number of hydrogen-bond acceptors (Lipinski definition) is 6. The van der Waals surface area contributed by atoms with Gasteiger partial charge in [0.1, 0.15) is 0 Å². The Kier molecular flexibility index (Phi) is 2.51. The molecule has 0 aliphatic carbocycles. The first-order chi connectivity index (χ1) is 6.93. The average Bonchev–Trinajstić information content (AvgIpc) is 2.14. The van der Waals surface area contributed by atoms with Crippen molar-refractivity contribution in [2.75, 3.05) is 0 Å². The van der Waals surface area contributed by atoms with Crippen LogP contribution in [0.5, 0.6) is 11.6 Å². The monoisotopic (exact) mass is 215 g/mol. The minimum absolute atomic E-state index is 0.0987. The van der Waals surface area contributed by atoms with Crippen molar-refractivity contribution in [1.82, 2.24) is 9.66 Å². The van der Waals surface area contributed by atoms with Crippen molar-refractivity contribution in [1.29, 1.82) is 0 Å². The van der Waals surface area contributed by atoms with Gasteiger partial charge in [0.25, 0.3) is 11.4 Å². The van der Waals surface area contributed by atoms with Gasteiger partial charge in [-0.3, -0.25) is 9.78 Å². The largest absolute Gasteiger partial charge is 0.499 e. The van der Waals surface area contributed by atoms with Crippen molar-refractivity contribution in [2.24, 2.45) is 16.1 Å². The van der Waals surface area contributed by atoms with Gasteiger partial charge < -0.3 is 15.9 Å². The van der Waals surface area contributed by atoms with Gasteiger partial charge in [-0.15, -0.1) is 4.68 Å². The maximum atomic E-state index is 11.0. The fraction of sp³-hybridized carbons (Fsp3) is 0. The quantitative estimate of drug-likeness (QED) is 0.407. The molecule has 2 amide bonds. The number of carbonyl (C=O) groups excluding carboxylic acids is 1. The van der Waals surface area contributed by atoms with Gasteiger partial charge in [0, 0.05) is 0 Å². The predicted molar refractivity (Wildman–Crippen MR) is 44.5 cm³/mol. The first kappa shape index (κ1) is 10.4. The molecule has 0 spiro atoms. The van der Waals surface area contributed by atoms with Crippen LogP contribution in [0, 0.1) is 0 Å². The maximum absolute atomic E-state index is 11.0. The molecule has 1 aromatic rings. The molecule has 0 saturated carbocycles. The third-order valence-electron chi connectivity index (χ3n) is 1.27. The molecule has 0 aromatic carbocycles. The number of amides is 2. The van der Waals surface area contributed by atoms with Crippen LogP contribution in [0.1, 0.15) is 0 Å². The van der Waals surface area contributed by atoms with Gasteiger partial charge in [0.2, 0.25) is 5.75 Å². The number of primary amides is 1. The standard InChI is InChI=1S/C5H5N5O5/c6-4(14)8-9-10-3(13)1(11)2(12)7-5(10)15/h11,13H,(H2,6,14)(H,7,12,15)/b9-8+. The minimum Gasteiger partial charge on any atom is -0.499 e. The van der Waals surface area contributed by atoms with Crippen molar-refractivity contribution in [3.05, 3.63) is 20.8 Å². The predicted octanol–water partition coefficient (Wildman–Crippen LogP) is -1.76. The van der Waals surface area contributed by atoms with E-state index in [1.165, 1.54) is 0 Å². The number of nitrogens with zero attached hydrogens (tertiary/aromatic N) is 3. The molecule has 1 heterocycles. The molecule has 5 N–H and O–H groups in total. The van der Waals surface area contributed by atoms with E-state index in [1.54, 1.807) is 4.98 Å². The number of H-pyrrole nitrogens is 1. The summed E-state index contributed by atoms with van der Waals surface area (Å²) in [4.78, 5) is 33.4. The summed E-state index contributed by atoms with van der Waals surface area (Å²) in [5, 5.41) is 23.6. The van der Waals surface area contributed by atoms with Gasteiger partial charge in [0.05, 0.1) is 0 Å². The van der Waals surface area contributed by atoms with Crippen LogP contribution in [0.3, 0.4) is 0 Å². The molecule has 0 fully saturated rings. The molecule has 1 rings (SSSR count). The van der Waals surface area contributed by atoms with E-state index in [1.807, 2.05) is 0 Å². The van der Waals surface area contributed by atoms with Crippen LogP contribution in [0.4, 0.5) is 4.79 Å². The van der Waals surface area contributed by atoms with Crippen molar-refractivity contribution in [3.8, 4) is 11.6 Å². The van der Waals surface area contributed by atoms with Crippen molar-refractivity contribution >= 4 is 6.03 Å². The number of nitrogens with one attached hydrogen (secondary N) is 1. The Morgan fingerprint density at radius 2 is 2.00 bits per heavy atom. The molecule has 1 aromatic heterocycles. The summed E-state index contributed by atoms with van der Waals surface area (Å²) in [6.45, 7) is 0. The lowest BCUT2D eigenvalue weighted by molar-refractivity contribution is 0.254. The van der Waals surface area contributed by atoms with Gasteiger partial charge in [-0.05, 0) is 5.22 Å². The Bertz CT molecular complexity index is 540. The normalized spacial score (nSPS) is 10.7.